The van der Waals surface area contributed by atoms with Crippen LogP contribution in [-0.2, 0) is 4.79 Å². The Labute approximate surface area is 80.4 Å². The molecule has 1 aliphatic carbocycles. The van der Waals surface area contributed by atoms with E-state index in [0.717, 1.165) is 5.56 Å². The zero-order valence-electron chi connectivity index (χ0n) is 7.34. The number of carboxylic acid groups (broad SMARTS) is 1. The molecule has 0 spiro atoms. The maximum absolute atomic E-state index is 10.6. The lowest BCUT2D eigenvalue weighted by atomic mass is 10.1. The van der Waals surface area contributed by atoms with Crippen molar-refractivity contribution < 1.29 is 20.1 Å². The number of aliphatic carboxylic acids is 1. The molecule has 0 radical (unpaired) electrons. The van der Waals surface area contributed by atoms with Crippen molar-refractivity contribution in [2.24, 2.45) is 5.92 Å². The number of aromatic hydroxyl groups is 2. The lowest BCUT2D eigenvalue weighted by Gasteiger charge is -2.01. The van der Waals surface area contributed by atoms with Crippen LogP contribution in [0.2, 0.25) is 0 Å². The smallest absolute Gasteiger partial charge is 0.307 e. The Bertz CT molecular complexity index is 386. The first-order chi connectivity index (χ1) is 6.59. The normalized spacial score (nSPS) is 24.6. The van der Waals surface area contributed by atoms with Gasteiger partial charge in [0.15, 0.2) is 11.5 Å². The summed E-state index contributed by atoms with van der Waals surface area (Å²) in [4.78, 5) is 10.6. The van der Waals surface area contributed by atoms with Crippen LogP contribution in [0.4, 0.5) is 0 Å². The minimum absolute atomic E-state index is 0.0148. The van der Waals surface area contributed by atoms with Crippen molar-refractivity contribution in [2.45, 2.75) is 12.3 Å². The topological polar surface area (TPSA) is 77.8 Å². The summed E-state index contributed by atoms with van der Waals surface area (Å²) >= 11 is 0. The fourth-order valence-corrected chi connectivity index (χ4v) is 1.61. The number of hydrogen-bond acceptors (Lipinski definition) is 3. The second kappa shape index (κ2) is 2.90. The summed E-state index contributed by atoms with van der Waals surface area (Å²) in [6.07, 6.45) is 0.611. The third-order valence-electron chi connectivity index (χ3n) is 2.54. The van der Waals surface area contributed by atoms with Gasteiger partial charge in [0.1, 0.15) is 0 Å². The zero-order chi connectivity index (χ0) is 10.3. The maximum Gasteiger partial charge on any atom is 0.307 e. The van der Waals surface area contributed by atoms with Crippen LogP contribution in [-0.4, -0.2) is 21.3 Å². The predicted octanol–water partition coefficient (Wildman–Crippen LogP) is 1.29. The van der Waals surface area contributed by atoms with Gasteiger partial charge >= 0.3 is 5.97 Å². The van der Waals surface area contributed by atoms with Crippen LogP contribution in [0.15, 0.2) is 18.2 Å². The molecular formula is C10H10O4. The molecule has 0 aromatic heterocycles. The molecule has 4 nitrogen and oxygen atoms in total. The van der Waals surface area contributed by atoms with Gasteiger partial charge in [0.2, 0.25) is 0 Å². The molecule has 2 atom stereocenters. The fourth-order valence-electron chi connectivity index (χ4n) is 1.61. The Morgan fingerprint density at radius 2 is 2.00 bits per heavy atom. The fraction of sp³-hybridized carbons (Fsp3) is 0.300. The van der Waals surface area contributed by atoms with Gasteiger partial charge in [0, 0.05) is 0 Å². The van der Waals surface area contributed by atoms with E-state index in [2.05, 4.69) is 0 Å². The molecule has 74 valence electrons. The lowest BCUT2D eigenvalue weighted by molar-refractivity contribution is -0.138. The summed E-state index contributed by atoms with van der Waals surface area (Å²) in [5.74, 6) is -1.53. The summed E-state index contributed by atoms with van der Waals surface area (Å²) in [6, 6.07) is 4.44. The van der Waals surface area contributed by atoms with E-state index >= 15 is 0 Å². The van der Waals surface area contributed by atoms with Gasteiger partial charge in [-0.1, -0.05) is 6.07 Å². The molecule has 3 N–H and O–H groups in total. The van der Waals surface area contributed by atoms with E-state index in [1.807, 2.05) is 0 Å². The van der Waals surface area contributed by atoms with Crippen molar-refractivity contribution in [3.8, 4) is 11.5 Å². The van der Waals surface area contributed by atoms with Gasteiger partial charge in [-0.25, -0.2) is 0 Å². The summed E-state index contributed by atoms with van der Waals surface area (Å²) in [7, 11) is 0. The van der Waals surface area contributed by atoms with E-state index in [4.69, 9.17) is 10.2 Å². The van der Waals surface area contributed by atoms with Crippen molar-refractivity contribution in [1.82, 2.24) is 0 Å². The number of phenolic OH excluding ortho intramolecular Hbond substituents is 2. The van der Waals surface area contributed by atoms with Crippen LogP contribution in [0.1, 0.15) is 17.9 Å². The van der Waals surface area contributed by atoms with Crippen LogP contribution in [0.25, 0.3) is 0 Å². The Kier molecular flexibility index (Phi) is 1.84. The second-order valence-corrected chi connectivity index (χ2v) is 3.54. The number of rotatable bonds is 2. The Morgan fingerprint density at radius 1 is 1.29 bits per heavy atom. The third-order valence-corrected chi connectivity index (χ3v) is 2.54. The molecule has 0 unspecified atom stereocenters. The van der Waals surface area contributed by atoms with Crippen molar-refractivity contribution in [1.29, 1.82) is 0 Å². The van der Waals surface area contributed by atoms with Crippen molar-refractivity contribution in [2.75, 3.05) is 0 Å². The van der Waals surface area contributed by atoms with E-state index in [0.29, 0.717) is 6.42 Å². The summed E-state index contributed by atoms with van der Waals surface area (Å²) < 4.78 is 0. The van der Waals surface area contributed by atoms with Gasteiger partial charge in [-0.05, 0) is 30.0 Å². The van der Waals surface area contributed by atoms with Crippen LogP contribution < -0.4 is 0 Å². The molecule has 1 saturated carbocycles. The Morgan fingerprint density at radius 3 is 2.50 bits per heavy atom. The summed E-state index contributed by atoms with van der Waals surface area (Å²) in [5.41, 5.74) is 0.771. The van der Waals surface area contributed by atoms with Gasteiger partial charge in [-0.15, -0.1) is 0 Å². The van der Waals surface area contributed by atoms with E-state index in [1.54, 1.807) is 6.07 Å². The third kappa shape index (κ3) is 1.39. The number of phenols is 2. The summed E-state index contributed by atoms with van der Waals surface area (Å²) in [5, 5.41) is 27.0. The van der Waals surface area contributed by atoms with Crippen molar-refractivity contribution >= 4 is 5.97 Å². The van der Waals surface area contributed by atoms with Gasteiger partial charge in [-0.3, -0.25) is 4.79 Å². The average Bonchev–Trinajstić information content (AvgIpc) is 2.89. The van der Waals surface area contributed by atoms with E-state index in [9.17, 15) is 9.90 Å². The van der Waals surface area contributed by atoms with E-state index in [1.165, 1.54) is 12.1 Å². The average molecular weight is 194 g/mol. The molecule has 1 aromatic rings. The van der Waals surface area contributed by atoms with Crippen LogP contribution in [0.3, 0.4) is 0 Å². The minimum atomic E-state index is -0.803. The van der Waals surface area contributed by atoms with Gasteiger partial charge in [0.05, 0.1) is 5.92 Å². The number of carbonyl (C=O) groups is 1. The van der Waals surface area contributed by atoms with E-state index in [-0.39, 0.29) is 23.3 Å². The second-order valence-electron chi connectivity index (χ2n) is 3.54. The van der Waals surface area contributed by atoms with E-state index < -0.39 is 5.97 Å². The van der Waals surface area contributed by atoms with Crippen LogP contribution in [0.5, 0.6) is 11.5 Å². The highest BCUT2D eigenvalue weighted by molar-refractivity contribution is 5.75. The molecular weight excluding hydrogens is 184 g/mol. The Balaban J connectivity index is 2.20. The Hall–Kier alpha value is -1.71. The number of hydrogen-bond donors (Lipinski definition) is 3. The first-order valence-electron chi connectivity index (χ1n) is 4.34. The molecule has 1 aliphatic rings. The maximum atomic E-state index is 10.6. The molecule has 0 heterocycles. The molecule has 1 aromatic carbocycles. The minimum Gasteiger partial charge on any atom is -0.504 e. The molecule has 2 rings (SSSR count). The zero-order valence-corrected chi connectivity index (χ0v) is 7.34. The molecule has 4 heteroatoms. The SMILES string of the molecule is O=C(O)[C@@H]1C[C@H]1c1ccc(O)c(O)c1. The number of benzene rings is 1. The van der Waals surface area contributed by atoms with Gasteiger partial charge in [-0.2, -0.15) is 0 Å². The molecule has 0 saturated heterocycles. The standard InChI is InChI=1S/C10H10O4/c11-8-2-1-5(3-9(8)12)6-4-7(6)10(13)14/h1-3,6-7,11-12H,4H2,(H,13,14)/t6-,7+/m0/s1. The molecule has 0 amide bonds. The highest BCUT2D eigenvalue weighted by Crippen LogP contribution is 2.48. The van der Waals surface area contributed by atoms with Crippen LogP contribution >= 0.6 is 0 Å². The predicted molar refractivity (Wildman–Crippen MR) is 48.3 cm³/mol. The van der Waals surface area contributed by atoms with Gasteiger partial charge < -0.3 is 15.3 Å². The van der Waals surface area contributed by atoms with Crippen molar-refractivity contribution in [3.05, 3.63) is 23.8 Å². The highest BCUT2D eigenvalue weighted by atomic mass is 16.4. The molecule has 14 heavy (non-hydrogen) atoms. The monoisotopic (exact) mass is 194 g/mol. The first-order valence-corrected chi connectivity index (χ1v) is 4.34. The summed E-state index contributed by atoms with van der Waals surface area (Å²) in [6.45, 7) is 0. The van der Waals surface area contributed by atoms with Crippen molar-refractivity contribution in [3.63, 3.8) is 0 Å². The highest BCUT2D eigenvalue weighted by Gasteiger charge is 2.44. The largest absolute Gasteiger partial charge is 0.504 e. The molecule has 0 aliphatic heterocycles. The molecule has 0 bridgehead atoms. The first kappa shape index (κ1) is 8.87. The van der Waals surface area contributed by atoms with Crippen LogP contribution in [0, 0.1) is 5.92 Å². The lowest BCUT2D eigenvalue weighted by Crippen LogP contribution is -1.98. The number of carboxylic acids is 1. The van der Waals surface area contributed by atoms with Gasteiger partial charge in [0.25, 0.3) is 0 Å². The molecule has 1 fully saturated rings. The quantitative estimate of drug-likeness (QED) is 0.620.